The van der Waals surface area contributed by atoms with E-state index in [0.717, 1.165) is 6.54 Å². The largest absolute Gasteiger partial charge is 0.393 e. The second-order valence-corrected chi connectivity index (χ2v) is 5.83. The van der Waals surface area contributed by atoms with Gasteiger partial charge in [0.25, 0.3) is 0 Å². The van der Waals surface area contributed by atoms with E-state index >= 15 is 0 Å². The van der Waals surface area contributed by atoms with Crippen molar-refractivity contribution in [1.82, 2.24) is 9.97 Å². The molecule has 0 bridgehead atoms. The van der Waals surface area contributed by atoms with Crippen molar-refractivity contribution in [2.45, 2.75) is 18.9 Å². The van der Waals surface area contributed by atoms with Gasteiger partial charge in [0.05, 0.1) is 19.8 Å². The van der Waals surface area contributed by atoms with Crippen LogP contribution in [0.25, 0.3) is 0 Å². The maximum absolute atomic E-state index is 9.94. The standard InChI is InChI=1S/C17H21N3O2/c1-14-4-2-5-15(10-14)11-17(13-21)12-20(8-9-22-17)16-18-6-3-7-19-16/h2-7,10,21H,8-9,11-13H2,1H3. The minimum atomic E-state index is -0.606. The van der Waals surface area contributed by atoms with Gasteiger partial charge in [-0.2, -0.15) is 0 Å². The first-order valence-electron chi connectivity index (χ1n) is 7.53. The number of benzene rings is 1. The lowest BCUT2D eigenvalue weighted by atomic mass is 9.92. The predicted octanol–water partition coefficient (Wildman–Crippen LogP) is 1.60. The van der Waals surface area contributed by atoms with Gasteiger partial charge in [0.15, 0.2) is 0 Å². The molecule has 1 saturated heterocycles. The van der Waals surface area contributed by atoms with Crippen LogP contribution in [-0.2, 0) is 11.2 Å². The highest BCUT2D eigenvalue weighted by Gasteiger charge is 2.37. The molecule has 1 aliphatic heterocycles. The Hall–Kier alpha value is -1.98. The molecular formula is C17H21N3O2. The Morgan fingerprint density at radius 1 is 1.27 bits per heavy atom. The zero-order chi connectivity index (χ0) is 15.4. The molecule has 1 aromatic heterocycles. The summed E-state index contributed by atoms with van der Waals surface area (Å²) in [5.41, 5.74) is 1.78. The molecule has 1 atom stereocenters. The molecule has 5 nitrogen and oxygen atoms in total. The molecule has 0 saturated carbocycles. The first kappa shape index (κ1) is 14.9. The molecule has 1 aliphatic rings. The van der Waals surface area contributed by atoms with Crippen LogP contribution in [0, 0.1) is 6.92 Å². The second-order valence-electron chi connectivity index (χ2n) is 5.83. The summed E-state index contributed by atoms with van der Waals surface area (Å²) in [6, 6.07) is 10.1. The highest BCUT2D eigenvalue weighted by atomic mass is 16.5. The summed E-state index contributed by atoms with van der Waals surface area (Å²) in [5.74, 6) is 0.688. The molecule has 3 rings (SSSR count). The number of aromatic nitrogens is 2. The van der Waals surface area contributed by atoms with Crippen molar-refractivity contribution in [2.24, 2.45) is 0 Å². The normalized spacial score (nSPS) is 21.8. The first-order valence-corrected chi connectivity index (χ1v) is 7.53. The SMILES string of the molecule is Cc1cccc(CC2(CO)CN(c3ncccn3)CCO2)c1. The first-order chi connectivity index (χ1) is 10.7. The minimum Gasteiger partial charge on any atom is -0.393 e. The summed E-state index contributed by atoms with van der Waals surface area (Å²) in [7, 11) is 0. The summed E-state index contributed by atoms with van der Waals surface area (Å²) in [6.07, 6.45) is 4.15. The molecular weight excluding hydrogens is 278 g/mol. The van der Waals surface area contributed by atoms with E-state index in [2.05, 4.69) is 40.0 Å². The molecule has 0 spiro atoms. The number of ether oxygens (including phenoxy) is 1. The number of aryl methyl sites for hydroxylation is 1. The van der Waals surface area contributed by atoms with E-state index in [0.29, 0.717) is 25.5 Å². The van der Waals surface area contributed by atoms with Gasteiger partial charge in [0.1, 0.15) is 5.60 Å². The third-order valence-electron chi connectivity index (χ3n) is 3.98. The van der Waals surface area contributed by atoms with Gasteiger partial charge in [-0.3, -0.25) is 0 Å². The van der Waals surface area contributed by atoms with Crippen LogP contribution in [0.1, 0.15) is 11.1 Å². The van der Waals surface area contributed by atoms with Gasteiger partial charge in [-0.1, -0.05) is 29.8 Å². The van der Waals surface area contributed by atoms with Crippen molar-refractivity contribution in [3.05, 3.63) is 53.9 Å². The van der Waals surface area contributed by atoms with E-state index in [9.17, 15) is 5.11 Å². The smallest absolute Gasteiger partial charge is 0.225 e. The Morgan fingerprint density at radius 2 is 2.09 bits per heavy atom. The van der Waals surface area contributed by atoms with Gasteiger partial charge in [0, 0.05) is 25.4 Å². The van der Waals surface area contributed by atoms with Gasteiger partial charge < -0.3 is 14.7 Å². The number of aliphatic hydroxyl groups excluding tert-OH is 1. The summed E-state index contributed by atoms with van der Waals surface area (Å²) in [5, 5.41) is 9.94. The summed E-state index contributed by atoms with van der Waals surface area (Å²) in [6.45, 7) is 3.93. The van der Waals surface area contributed by atoms with Crippen LogP contribution in [0.15, 0.2) is 42.7 Å². The summed E-state index contributed by atoms with van der Waals surface area (Å²) >= 11 is 0. The molecule has 116 valence electrons. The van der Waals surface area contributed by atoms with Crippen molar-refractivity contribution in [2.75, 3.05) is 31.2 Å². The Kier molecular flexibility index (Phi) is 4.36. The van der Waals surface area contributed by atoms with Crippen LogP contribution in [0.4, 0.5) is 5.95 Å². The lowest BCUT2D eigenvalue weighted by Crippen LogP contribution is -2.56. The molecule has 22 heavy (non-hydrogen) atoms. The van der Waals surface area contributed by atoms with Crippen molar-refractivity contribution < 1.29 is 9.84 Å². The number of rotatable bonds is 4. The molecule has 0 radical (unpaired) electrons. The van der Waals surface area contributed by atoms with Crippen LogP contribution < -0.4 is 4.90 Å². The third kappa shape index (κ3) is 3.26. The van der Waals surface area contributed by atoms with E-state index in [1.807, 2.05) is 6.07 Å². The van der Waals surface area contributed by atoms with Gasteiger partial charge in [0.2, 0.25) is 5.95 Å². The van der Waals surface area contributed by atoms with Crippen LogP contribution >= 0.6 is 0 Å². The van der Waals surface area contributed by atoms with E-state index in [-0.39, 0.29) is 6.61 Å². The quantitative estimate of drug-likeness (QED) is 0.929. The number of hydrogen-bond acceptors (Lipinski definition) is 5. The Morgan fingerprint density at radius 3 is 2.82 bits per heavy atom. The minimum absolute atomic E-state index is 0.0235. The highest BCUT2D eigenvalue weighted by molar-refractivity contribution is 5.32. The number of aliphatic hydroxyl groups is 1. The topological polar surface area (TPSA) is 58.5 Å². The van der Waals surface area contributed by atoms with Gasteiger partial charge in [-0.15, -0.1) is 0 Å². The van der Waals surface area contributed by atoms with Crippen molar-refractivity contribution in [1.29, 1.82) is 0 Å². The van der Waals surface area contributed by atoms with Gasteiger partial charge in [-0.05, 0) is 18.6 Å². The molecule has 0 amide bonds. The van der Waals surface area contributed by atoms with Gasteiger partial charge in [-0.25, -0.2) is 9.97 Å². The Bertz CT molecular complexity index is 620. The Balaban J connectivity index is 1.80. The number of nitrogens with zero attached hydrogens (tertiary/aromatic N) is 3. The van der Waals surface area contributed by atoms with Crippen LogP contribution in [0.5, 0.6) is 0 Å². The fourth-order valence-electron chi connectivity index (χ4n) is 2.92. The van der Waals surface area contributed by atoms with E-state index in [1.165, 1.54) is 11.1 Å². The average Bonchev–Trinajstić information content (AvgIpc) is 2.56. The fraction of sp³-hybridized carbons (Fsp3) is 0.412. The molecule has 2 aromatic rings. The van der Waals surface area contributed by atoms with E-state index < -0.39 is 5.60 Å². The van der Waals surface area contributed by atoms with E-state index in [4.69, 9.17) is 4.74 Å². The lowest BCUT2D eigenvalue weighted by Gasteiger charge is -2.41. The predicted molar refractivity (Wildman–Crippen MR) is 84.9 cm³/mol. The average molecular weight is 299 g/mol. The molecule has 0 aliphatic carbocycles. The third-order valence-corrected chi connectivity index (χ3v) is 3.98. The zero-order valence-corrected chi connectivity index (χ0v) is 12.8. The van der Waals surface area contributed by atoms with Crippen LogP contribution in [0.2, 0.25) is 0 Å². The second kappa shape index (κ2) is 6.42. The Labute approximate surface area is 130 Å². The van der Waals surface area contributed by atoms with E-state index in [1.54, 1.807) is 18.5 Å². The summed E-state index contributed by atoms with van der Waals surface area (Å²) in [4.78, 5) is 10.7. The molecule has 1 unspecified atom stereocenters. The molecule has 5 heteroatoms. The van der Waals surface area contributed by atoms with Crippen LogP contribution in [0.3, 0.4) is 0 Å². The molecule has 1 N–H and O–H groups in total. The summed E-state index contributed by atoms with van der Waals surface area (Å²) < 4.78 is 5.96. The zero-order valence-electron chi connectivity index (χ0n) is 12.8. The number of hydrogen-bond donors (Lipinski definition) is 1. The lowest BCUT2D eigenvalue weighted by molar-refractivity contribution is -0.0871. The molecule has 2 heterocycles. The maximum Gasteiger partial charge on any atom is 0.225 e. The number of morpholine rings is 1. The van der Waals surface area contributed by atoms with Crippen molar-refractivity contribution in [3.8, 4) is 0 Å². The fourth-order valence-corrected chi connectivity index (χ4v) is 2.92. The molecule has 1 fully saturated rings. The number of anilines is 1. The van der Waals surface area contributed by atoms with Gasteiger partial charge >= 0.3 is 0 Å². The van der Waals surface area contributed by atoms with Crippen molar-refractivity contribution >= 4 is 5.95 Å². The maximum atomic E-state index is 9.94. The monoisotopic (exact) mass is 299 g/mol. The van der Waals surface area contributed by atoms with Crippen molar-refractivity contribution in [3.63, 3.8) is 0 Å². The molecule has 1 aromatic carbocycles. The van der Waals surface area contributed by atoms with Crippen LogP contribution in [-0.4, -0.2) is 47.0 Å². The highest BCUT2D eigenvalue weighted by Crippen LogP contribution is 2.25.